The van der Waals surface area contributed by atoms with Gasteiger partial charge in [-0.1, -0.05) is 58.7 Å². The minimum atomic E-state index is -0.922. The molecule has 11 heteroatoms. The first-order valence-corrected chi connectivity index (χ1v) is 17.4. The molecule has 3 unspecified atom stereocenters. The van der Waals surface area contributed by atoms with Gasteiger partial charge in [-0.3, -0.25) is 14.4 Å². The Morgan fingerprint density at radius 2 is 1.80 bits per heavy atom. The number of rotatable bonds is 13. The van der Waals surface area contributed by atoms with Crippen molar-refractivity contribution in [3.05, 3.63) is 78.9 Å². The van der Waals surface area contributed by atoms with Crippen LogP contribution in [0.5, 0.6) is 5.75 Å². The lowest BCUT2D eigenvalue weighted by atomic mass is 9.70. The van der Waals surface area contributed by atoms with Gasteiger partial charge in [-0.05, 0) is 56.2 Å². The predicted molar refractivity (Wildman–Crippen MR) is 184 cm³/mol. The number of halogens is 2. The number of aliphatic hydroxyl groups is 1. The summed E-state index contributed by atoms with van der Waals surface area (Å²) in [7, 11) is 0. The van der Waals surface area contributed by atoms with Crippen LogP contribution in [0.3, 0.4) is 0 Å². The molecule has 7 atom stereocenters. The number of nitrogens with zero attached hydrogens (tertiary/aromatic N) is 3. The fourth-order valence-electron chi connectivity index (χ4n) is 7.21. The van der Waals surface area contributed by atoms with Crippen molar-refractivity contribution in [1.82, 2.24) is 4.90 Å². The molecule has 3 fully saturated rings. The lowest BCUT2D eigenvalue weighted by molar-refractivity contribution is -0.141. The second kappa shape index (κ2) is 13.9. The van der Waals surface area contributed by atoms with Crippen molar-refractivity contribution in [2.75, 3.05) is 36.1 Å². The molecule has 2 aromatic carbocycles. The molecular weight excluding hydrogens is 678 g/mol. The summed E-state index contributed by atoms with van der Waals surface area (Å²) in [4.78, 5) is 48.8. The van der Waals surface area contributed by atoms with Crippen LogP contribution in [0.1, 0.15) is 26.7 Å². The number of alkyl halides is 1. The summed E-state index contributed by atoms with van der Waals surface area (Å²) in [5.74, 6) is -1.53. The average Bonchev–Trinajstić information content (AvgIpc) is 3.63. The van der Waals surface area contributed by atoms with Gasteiger partial charge in [0.05, 0.1) is 46.5 Å². The number of benzene rings is 2. The number of thioether (sulfide) groups is 1. The van der Waals surface area contributed by atoms with Crippen molar-refractivity contribution in [2.24, 2.45) is 11.8 Å². The third-order valence-electron chi connectivity index (χ3n) is 9.08. The molecule has 3 saturated heterocycles. The van der Waals surface area contributed by atoms with Gasteiger partial charge in [0, 0.05) is 28.9 Å². The lowest BCUT2D eigenvalue weighted by Crippen LogP contribution is -2.58. The normalized spacial score (nSPS) is 27.2. The highest BCUT2D eigenvalue weighted by molar-refractivity contribution is 9.09. The molecule has 0 aliphatic carbocycles. The molecule has 3 amide bonds. The molecule has 1 N–H and O–H groups in total. The number of carbonyl (C=O) groups excluding carboxylic acids is 3. The summed E-state index contributed by atoms with van der Waals surface area (Å²) in [5.41, 5.74) is 1.19. The van der Waals surface area contributed by atoms with Gasteiger partial charge in [0.2, 0.25) is 11.8 Å². The Hall–Kier alpha value is -2.79. The molecular formula is C34H39BrClN3O5S. The highest BCUT2D eigenvalue weighted by Gasteiger charge is 2.76. The van der Waals surface area contributed by atoms with E-state index in [0.29, 0.717) is 41.6 Å². The van der Waals surface area contributed by atoms with E-state index in [1.54, 1.807) is 62.9 Å². The summed E-state index contributed by atoms with van der Waals surface area (Å²) in [6, 6.07) is 12.9. The van der Waals surface area contributed by atoms with Crippen LogP contribution < -0.4 is 14.5 Å². The van der Waals surface area contributed by atoms with Crippen LogP contribution in [0.15, 0.2) is 73.8 Å². The topological polar surface area (TPSA) is 90.4 Å². The van der Waals surface area contributed by atoms with Crippen molar-refractivity contribution < 1.29 is 24.2 Å². The fourth-order valence-corrected chi connectivity index (χ4v) is 11.0. The lowest BCUT2D eigenvalue weighted by Gasteiger charge is -2.40. The number of anilines is 2. The minimum Gasteiger partial charge on any atom is -0.494 e. The van der Waals surface area contributed by atoms with E-state index >= 15 is 0 Å². The monoisotopic (exact) mass is 715 g/mol. The molecule has 5 rings (SSSR count). The van der Waals surface area contributed by atoms with E-state index in [9.17, 15) is 19.5 Å². The Kier molecular flexibility index (Phi) is 10.4. The molecule has 0 saturated carbocycles. The fraction of sp³-hybridized carbons (Fsp3) is 0.441. The molecule has 1 spiro atoms. The maximum Gasteiger partial charge on any atom is 0.251 e. The number of fused-ring (bicyclic) bond motifs is 1. The van der Waals surface area contributed by atoms with Gasteiger partial charge in [0.25, 0.3) is 5.91 Å². The number of likely N-dealkylation sites (tertiary alicyclic amines) is 1. The second-order valence-corrected chi connectivity index (χ2v) is 14.6. The third kappa shape index (κ3) is 5.72. The first kappa shape index (κ1) is 33.6. The van der Waals surface area contributed by atoms with Crippen molar-refractivity contribution >= 4 is 68.4 Å². The van der Waals surface area contributed by atoms with E-state index in [-0.39, 0.29) is 47.5 Å². The summed E-state index contributed by atoms with van der Waals surface area (Å²) in [6.07, 6.45) is 4.26. The summed E-state index contributed by atoms with van der Waals surface area (Å²) >= 11 is 12.0. The second-order valence-electron chi connectivity index (χ2n) is 11.5. The molecule has 8 nitrogen and oxygen atoms in total. The molecule has 0 aromatic heterocycles. The van der Waals surface area contributed by atoms with E-state index in [1.165, 1.54) is 0 Å². The zero-order valence-electron chi connectivity index (χ0n) is 25.5. The number of para-hydroxylation sites is 1. The smallest absolute Gasteiger partial charge is 0.251 e. The Morgan fingerprint density at radius 3 is 2.40 bits per heavy atom. The van der Waals surface area contributed by atoms with Crippen LogP contribution in [0.4, 0.5) is 11.4 Å². The standard InChI is InChI=1S/C34H39BrClN3O5S/c1-5-17-37(22-13-15-23(16-14-22)44-8-4)31(41)27-28-32(42)39(21(7-3)20-40)30(34(28)19-24(35)29(27)45-34)33(43)38(18-6-2)26-12-10-9-11-25(26)36/h5-6,9-16,21,24,27-30,40H,1-2,7-8,17-20H2,3-4H3/t21-,24?,27+,28-,29+,30?,34?/m0/s1. The first-order chi connectivity index (χ1) is 21.7. The first-order valence-electron chi connectivity index (χ1n) is 15.3. The Balaban J connectivity index is 1.60. The maximum absolute atomic E-state index is 14.8. The van der Waals surface area contributed by atoms with Gasteiger partial charge in [-0.15, -0.1) is 24.9 Å². The van der Waals surface area contributed by atoms with Crippen LogP contribution in [-0.4, -0.2) is 80.9 Å². The van der Waals surface area contributed by atoms with Gasteiger partial charge < -0.3 is 24.5 Å². The highest BCUT2D eigenvalue weighted by atomic mass is 79.9. The SMILES string of the molecule is C=CCN(C(=O)[C@H]1[C@@H]2SC3(CC2Br)C(C(=O)N(CC=C)c2ccccc2Cl)N([C@@H](CC)CO)C(=O)[C@H]13)c1ccc(OCC)cc1. The molecule has 3 heterocycles. The van der Waals surface area contributed by atoms with Gasteiger partial charge >= 0.3 is 0 Å². The number of hydrogen-bond donors (Lipinski definition) is 1. The zero-order chi connectivity index (χ0) is 32.5. The number of aliphatic hydroxyl groups excluding tert-OH is 1. The van der Waals surface area contributed by atoms with Crippen LogP contribution in [-0.2, 0) is 14.4 Å². The van der Waals surface area contributed by atoms with E-state index in [2.05, 4.69) is 29.1 Å². The average molecular weight is 717 g/mol. The third-order valence-corrected chi connectivity index (χ3v) is 12.6. The maximum atomic E-state index is 14.8. The molecule has 2 aromatic rings. The van der Waals surface area contributed by atoms with Crippen LogP contribution in [0.25, 0.3) is 0 Å². The van der Waals surface area contributed by atoms with Gasteiger partial charge in [-0.25, -0.2) is 0 Å². The number of carbonyl (C=O) groups is 3. The summed E-state index contributed by atoms with van der Waals surface area (Å²) in [6.45, 7) is 12.2. The summed E-state index contributed by atoms with van der Waals surface area (Å²) in [5, 5.41) is 10.6. The molecule has 45 heavy (non-hydrogen) atoms. The predicted octanol–water partition coefficient (Wildman–Crippen LogP) is 5.71. The zero-order valence-corrected chi connectivity index (χ0v) is 28.6. The molecule has 2 bridgehead atoms. The Labute approximate surface area is 282 Å². The Morgan fingerprint density at radius 1 is 1.13 bits per heavy atom. The summed E-state index contributed by atoms with van der Waals surface area (Å²) < 4.78 is 4.70. The van der Waals surface area contributed by atoms with Crippen LogP contribution in [0.2, 0.25) is 5.02 Å². The van der Waals surface area contributed by atoms with Gasteiger partial charge in [-0.2, -0.15) is 0 Å². The van der Waals surface area contributed by atoms with Crippen molar-refractivity contribution in [2.45, 2.75) is 53.6 Å². The number of ether oxygens (including phenoxy) is 1. The number of hydrogen-bond acceptors (Lipinski definition) is 6. The van der Waals surface area contributed by atoms with Crippen molar-refractivity contribution in [3.8, 4) is 5.75 Å². The highest BCUT2D eigenvalue weighted by Crippen LogP contribution is 2.68. The molecule has 0 radical (unpaired) electrons. The Bertz CT molecular complexity index is 1460. The molecule has 3 aliphatic heterocycles. The minimum absolute atomic E-state index is 0.107. The molecule has 3 aliphatic rings. The van der Waals surface area contributed by atoms with E-state index in [4.69, 9.17) is 16.3 Å². The van der Waals surface area contributed by atoms with E-state index in [0.717, 1.165) is 0 Å². The van der Waals surface area contributed by atoms with Crippen LogP contribution >= 0.6 is 39.3 Å². The molecule has 240 valence electrons. The van der Waals surface area contributed by atoms with Crippen molar-refractivity contribution in [1.29, 1.82) is 0 Å². The van der Waals surface area contributed by atoms with E-state index < -0.39 is 28.7 Å². The largest absolute Gasteiger partial charge is 0.494 e. The number of amides is 3. The van der Waals surface area contributed by atoms with Gasteiger partial charge in [0.1, 0.15) is 11.8 Å². The van der Waals surface area contributed by atoms with E-state index in [1.807, 2.05) is 38.1 Å². The van der Waals surface area contributed by atoms with Gasteiger partial charge in [0.15, 0.2) is 0 Å². The van der Waals surface area contributed by atoms with Crippen molar-refractivity contribution in [3.63, 3.8) is 0 Å². The van der Waals surface area contributed by atoms with Crippen LogP contribution in [0, 0.1) is 11.8 Å². The quantitative estimate of drug-likeness (QED) is 0.211.